The van der Waals surface area contributed by atoms with E-state index < -0.39 is 0 Å². The van der Waals surface area contributed by atoms with Crippen molar-refractivity contribution in [2.45, 2.75) is 0 Å². The van der Waals surface area contributed by atoms with E-state index in [9.17, 15) is 0 Å². The van der Waals surface area contributed by atoms with Crippen molar-refractivity contribution in [2.75, 3.05) is 0 Å². The fourth-order valence-electron chi connectivity index (χ4n) is 0.967. The molecule has 0 saturated carbocycles. The Bertz CT molecular complexity index is 449. The van der Waals surface area contributed by atoms with Gasteiger partial charge in [-0.3, -0.25) is 0 Å². The monoisotopic (exact) mass is 194 g/mol. The molecular formula is C6H2N4S2. The van der Waals surface area contributed by atoms with Gasteiger partial charge in [-0.15, -0.1) is 22.7 Å². The molecule has 3 heterocycles. The van der Waals surface area contributed by atoms with Crippen LogP contribution in [-0.2, 0) is 0 Å². The molecular weight excluding hydrogens is 192 g/mol. The van der Waals surface area contributed by atoms with E-state index in [1.807, 2.05) is 0 Å². The Kier molecular flexibility index (Phi) is 1.16. The van der Waals surface area contributed by atoms with Crippen LogP contribution in [0.5, 0.6) is 0 Å². The molecule has 0 N–H and O–H groups in total. The SMILES string of the molecule is c1nc2nc3scnc3nc2s1. The van der Waals surface area contributed by atoms with Crippen molar-refractivity contribution in [1.82, 2.24) is 19.9 Å². The largest absolute Gasteiger partial charge is 0.223 e. The van der Waals surface area contributed by atoms with Gasteiger partial charge in [0.15, 0.2) is 21.0 Å². The van der Waals surface area contributed by atoms with Crippen molar-refractivity contribution < 1.29 is 0 Å². The molecule has 0 amide bonds. The third kappa shape index (κ3) is 0.759. The number of nitrogens with zero attached hydrogens (tertiary/aromatic N) is 4. The minimum atomic E-state index is 0.719. The second-order valence-electron chi connectivity index (χ2n) is 2.19. The first kappa shape index (κ1) is 6.38. The van der Waals surface area contributed by atoms with Crippen LogP contribution < -0.4 is 0 Å². The molecule has 0 radical (unpaired) electrons. The van der Waals surface area contributed by atoms with Gasteiger partial charge in [0.05, 0.1) is 11.0 Å². The number of aromatic nitrogens is 4. The Labute approximate surface area is 75.0 Å². The molecule has 0 atom stereocenters. The van der Waals surface area contributed by atoms with E-state index in [1.165, 1.54) is 22.7 Å². The van der Waals surface area contributed by atoms with Crippen molar-refractivity contribution in [3.8, 4) is 0 Å². The summed E-state index contributed by atoms with van der Waals surface area (Å²) in [6, 6.07) is 0. The van der Waals surface area contributed by atoms with E-state index in [0.29, 0.717) is 0 Å². The predicted molar refractivity (Wildman–Crippen MR) is 48.4 cm³/mol. The average molecular weight is 194 g/mol. The van der Waals surface area contributed by atoms with Crippen molar-refractivity contribution in [1.29, 1.82) is 0 Å². The Morgan fingerprint density at radius 3 is 1.83 bits per heavy atom. The highest BCUT2D eigenvalue weighted by Gasteiger charge is 2.04. The number of hydrogen-bond acceptors (Lipinski definition) is 6. The Morgan fingerprint density at radius 2 is 1.33 bits per heavy atom. The molecule has 0 unspecified atom stereocenters. The van der Waals surface area contributed by atoms with Crippen LogP contribution in [0.2, 0.25) is 0 Å². The summed E-state index contributed by atoms with van der Waals surface area (Å²) in [6.45, 7) is 0. The van der Waals surface area contributed by atoms with Crippen molar-refractivity contribution in [3.63, 3.8) is 0 Å². The van der Waals surface area contributed by atoms with E-state index in [1.54, 1.807) is 11.0 Å². The molecule has 3 aromatic heterocycles. The lowest BCUT2D eigenvalue weighted by atomic mass is 10.7. The molecule has 0 aliphatic carbocycles. The normalized spacial score (nSPS) is 11.3. The molecule has 3 rings (SSSR count). The van der Waals surface area contributed by atoms with Crippen molar-refractivity contribution >= 4 is 43.6 Å². The van der Waals surface area contributed by atoms with Crippen LogP contribution in [0, 0.1) is 0 Å². The van der Waals surface area contributed by atoms with Gasteiger partial charge in [-0.1, -0.05) is 0 Å². The third-order valence-corrected chi connectivity index (χ3v) is 2.89. The first-order valence-electron chi connectivity index (χ1n) is 3.24. The molecule has 0 aromatic carbocycles. The molecule has 0 aliphatic heterocycles. The van der Waals surface area contributed by atoms with Gasteiger partial charge < -0.3 is 0 Å². The molecule has 6 heteroatoms. The van der Waals surface area contributed by atoms with E-state index >= 15 is 0 Å². The highest BCUT2D eigenvalue weighted by Crippen LogP contribution is 2.19. The zero-order chi connectivity index (χ0) is 7.97. The van der Waals surface area contributed by atoms with Crippen LogP contribution in [-0.4, -0.2) is 19.9 Å². The minimum Gasteiger partial charge on any atom is -0.223 e. The molecule has 3 aromatic rings. The first-order chi connectivity index (χ1) is 5.93. The first-order valence-corrected chi connectivity index (χ1v) is 5.00. The van der Waals surface area contributed by atoms with Gasteiger partial charge in [-0.05, 0) is 0 Å². The zero-order valence-corrected chi connectivity index (χ0v) is 7.39. The van der Waals surface area contributed by atoms with Gasteiger partial charge in [0.1, 0.15) is 0 Å². The lowest BCUT2D eigenvalue weighted by Crippen LogP contribution is -1.80. The van der Waals surface area contributed by atoms with Gasteiger partial charge in [0.25, 0.3) is 0 Å². The molecule has 0 bridgehead atoms. The van der Waals surface area contributed by atoms with Crippen LogP contribution in [0.3, 0.4) is 0 Å². The molecule has 0 aliphatic rings. The summed E-state index contributed by atoms with van der Waals surface area (Å²) in [4.78, 5) is 18.4. The van der Waals surface area contributed by atoms with Gasteiger partial charge in [0, 0.05) is 0 Å². The van der Waals surface area contributed by atoms with Crippen LogP contribution >= 0.6 is 22.7 Å². The second-order valence-corrected chi connectivity index (χ2v) is 3.85. The quantitative estimate of drug-likeness (QED) is 0.546. The molecule has 58 valence electrons. The predicted octanol–water partition coefficient (Wildman–Crippen LogP) is 1.70. The van der Waals surface area contributed by atoms with E-state index in [2.05, 4.69) is 19.9 Å². The van der Waals surface area contributed by atoms with Crippen molar-refractivity contribution in [3.05, 3.63) is 11.0 Å². The average Bonchev–Trinajstić information content (AvgIpc) is 2.64. The Morgan fingerprint density at radius 1 is 0.833 bits per heavy atom. The minimum absolute atomic E-state index is 0.719. The van der Waals surface area contributed by atoms with Crippen LogP contribution in [0.25, 0.3) is 21.0 Å². The van der Waals surface area contributed by atoms with Crippen LogP contribution in [0.4, 0.5) is 0 Å². The number of hydrogen-bond donors (Lipinski definition) is 0. The maximum atomic E-state index is 4.29. The van der Waals surface area contributed by atoms with E-state index in [4.69, 9.17) is 0 Å². The van der Waals surface area contributed by atoms with Gasteiger partial charge >= 0.3 is 0 Å². The number of thiazole rings is 2. The highest BCUT2D eigenvalue weighted by molar-refractivity contribution is 7.17. The topological polar surface area (TPSA) is 51.6 Å². The van der Waals surface area contributed by atoms with Crippen LogP contribution in [0.15, 0.2) is 11.0 Å². The van der Waals surface area contributed by atoms with Gasteiger partial charge in [-0.25, -0.2) is 19.9 Å². The molecule has 0 spiro atoms. The fraction of sp³-hybridized carbons (Fsp3) is 0. The summed E-state index contributed by atoms with van der Waals surface area (Å²) in [5, 5.41) is 0. The Hall–Kier alpha value is -1.14. The molecule has 12 heavy (non-hydrogen) atoms. The maximum absolute atomic E-state index is 4.29. The maximum Gasteiger partial charge on any atom is 0.191 e. The summed E-state index contributed by atoms with van der Waals surface area (Å²) < 4.78 is 0. The summed E-state index contributed by atoms with van der Waals surface area (Å²) in [6.07, 6.45) is 0. The summed E-state index contributed by atoms with van der Waals surface area (Å²) >= 11 is 2.97. The lowest BCUT2D eigenvalue weighted by Gasteiger charge is -1.85. The third-order valence-electron chi connectivity index (χ3n) is 1.48. The second kappa shape index (κ2) is 2.18. The highest BCUT2D eigenvalue weighted by atomic mass is 32.1. The van der Waals surface area contributed by atoms with E-state index in [0.717, 1.165) is 21.0 Å². The van der Waals surface area contributed by atoms with E-state index in [-0.39, 0.29) is 0 Å². The molecule has 4 nitrogen and oxygen atoms in total. The van der Waals surface area contributed by atoms with Crippen LogP contribution in [0.1, 0.15) is 0 Å². The summed E-state index contributed by atoms with van der Waals surface area (Å²) in [5.74, 6) is 0. The van der Waals surface area contributed by atoms with Gasteiger partial charge in [-0.2, -0.15) is 0 Å². The standard InChI is InChI=1S/C6H2N4S2/c1-7-3-5(11-1)10-4-6(9-3)12-2-8-4/h1-2H. The smallest absolute Gasteiger partial charge is 0.191 e. The number of rotatable bonds is 0. The molecule has 0 fully saturated rings. The zero-order valence-electron chi connectivity index (χ0n) is 5.76. The summed E-state index contributed by atoms with van der Waals surface area (Å²) in [5.41, 5.74) is 4.93. The summed E-state index contributed by atoms with van der Waals surface area (Å²) in [7, 11) is 0. The van der Waals surface area contributed by atoms with Gasteiger partial charge in [0.2, 0.25) is 0 Å². The number of fused-ring (bicyclic) bond motifs is 2. The fourth-order valence-corrected chi connectivity index (χ4v) is 2.16. The Balaban J connectivity index is 2.62. The van der Waals surface area contributed by atoms with Crippen molar-refractivity contribution in [2.24, 2.45) is 0 Å². The molecule has 0 saturated heterocycles. The lowest BCUT2D eigenvalue weighted by molar-refractivity contribution is 1.32.